The van der Waals surface area contributed by atoms with Crippen molar-refractivity contribution in [2.45, 2.75) is 0 Å². The number of hydrogen-bond acceptors (Lipinski definition) is 2. The van der Waals surface area contributed by atoms with Crippen LogP contribution in [0.3, 0.4) is 0 Å². The Morgan fingerprint density at radius 2 is 0.821 bits per heavy atom. The molecule has 0 atom stereocenters. The highest BCUT2D eigenvalue weighted by molar-refractivity contribution is 6.15. The monoisotopic (exact) mass is 854 g/mol. The first-order chi connectivity index (χ1) is 33.2. The standard InChI is InChI=1S/C64H42N2O/c1-3-14-43(15-4-1)49-32-39-62(59(41-49)46-16-5-2-6-17-46)65(52-35-28-45(29-36-52)50-31-37-57-58-38-30-47-18-7-8-21-54(47)64(58)67-63(57)42-50)51-33-26-44(27-34-51)48-19-13-20-53(40-48)66-60-24-11-9-22-55(60)56-23-10-12-25-61(56)66/h1-42H. The minimum absolute atomic E-state index is 0.890. The molecular weight excluding hydrogens is 813 g/mol. The predicted octanol–water partition coefficient (Wildman–Crippen LogP) is 18.0. The lowest BCUT2D eigenvalue weighted by atomic mass is 9.96. The first kappa shape index (κ1) is 38.5. The molecule has 0 aliphatic carbocycles. The van der Waals surface area contributed by atoms with Crippen LogP contribution in [0, 0.1) is 0 Å². The van der Waals surface area contributed by atoms with Gasteiger partial charge in [0.25, 0.3) is 0 Å². The van der Waals surface area contributed by atoms with E-state index in [0.717, 1.165) is 83.5 Å². The summed E-state index contributed by atoms with van der Waals surface area (Å²) in [5.74, 6) is 0. The zero-order chi connectivity index (χ0) is 44.3. The Kier molecular flexibility index (Phi) is 9.17. The molecule has 0 spiro atoms. The lowest BCUT2D eigenvalue weighted by molar-refractivity contribution is 0.673. The average Bonchev–Trinajstić information content (AvgIpc) is 3.96. The van der Waals surface area contributed by atoms with Gasteiger partial charge in [0.05, 0.1) is 16.7 Å². The maximum atomic E-state index is 6.59. The minimum Gasteiger partial charge on any atom is -0.455 e. The molecule has 0 aliphatic heterocycles. The molecule has 13 rings (SSSR count). The van der Waals surface area contributed by atoms with Gasteiger partial charge in [0.2, 0.25) is 0 Å². The Morgan fingerprint density at radius 3 is 1.51 bits per heavy atom. The third-order valence-corrected chi connectivity index (χ3v) is 13.4. The van der Waals surface area contributed by atoms with Crippen LogP contribution < -0.4 is 4.90 Å². The van der Waals surface area contributed by atoms with Crippen molar-refractivity contribution in [3.8, 4) is 50.2 Å². The van der Waals surface area contributed by atoms with Gasteiger partial charge in [-0.25, -0.2) is 0 Å². The Morgan fingerprint density at radius 1 is 0.313 bits per heavy atom. The molecule has 0 N–H and O–H groups in total. The molecule has 13 aromatic rings. The van der Waals surface area contributed by atoms with Crippen LogP contribution in [0.2, 0.25) is 0 Å². The quantitative estimate of drug-likeness (QED) is 0.152. The van der Waals surface area contributed by atoms with Crippen LogP contribution in [0.15, 0.2) is 259 Å². The molecule has 3 heteroatoms. The van der Waals surface area contributed by atoms with Crippen molar-refractivity contribution in [3.63, 3.8) is 0 Å². The van der Waals surface area contributed by atoms with Crippen molar-refractivity contribution in [1.29, 1.82) is 0 Å². The predicted molar refractivity (Wildman–Crippen MR) is 282 cm³/mol. The second-order valence-electron chi connectivity index (χ2n) is 17.3. The van der Waals surface area contributed by atoms with Crippen molar-refractivity contribution in [1.82, 2.24) is 4.57 Å². The Hall–Kier alpha value is -8.92. The summed E-state index contributed by atoms with van der Waals surface area (Å²) in [6, 6.07) is 91.9. The van der Waals surface area contributed by atoms with E-state index in [1.165, 1.54) is 38.3 Å². The van der Waals surface area contributed by atoms with E-state index in [4.69, 9.17) is 4.42 Å². The van der Waals surface area contributed by atoms with E-state index < -0.39 is 0 Å². The van der Waals surface area contributed by atoms with E-state index in [1.807, 2.05) is 0 Å². The largest absolute Gasteiger partial charge is 0.455 e. The van der Waals surface area contributed by atoms with Gasteiger partial charge in [-0.15, -0.1) is 0 Å². The van der Waals surface area contributed by atoms with Gasteiger partial charge in [0, 0.05) is 49.6 Å². The number of rotatable bonds is 8. The zero-order valence-corrected chi connectivity index (χ0v) is 36.6. The maximum absolute atomic E-state index is 6.59. The number of para-hydroxylation sites is 2. The Labute approximate surface area is 388 Å². The summed E-state index contributed by atoms with van der Waals surface area (Å²) >= 11 is 0. The molecular formula is C64H42N2O. The summed E-state index contributed by atoms with van der Waals surface area (Å²) in [6.45, 7) is 0. The SMILES string of the molecule is c1ccc(-c2ccc(N(c3ccc(-c4cccc(-n5c6ccccc6c6ccccc65)c4)cc3)c3ccc(-c4ccc5c(c4)oc4c6ccccc6ccc54)cc3)c(-c3ccccc3)c2)cc1. The molecule has 2 heterocycles. The van der Waals surface area contributed by atoms with Gasteiger partial charge in [-0.1, -0.05) is 176 Å². The van der Waals surface area contributed by atoms with Gasteiger partial charge < -0.3 is 13.9 Å². The highest BCUT2D eigenvalue weighted by Crippen LogP contribution is 2.44. The number of benzene rings is 11. The van der Waals surface area contributed by atoms with Crippen molar-refractivity contribution < 1.29 is 4.42 Å². The Balaban J connectivity index is 0.918. The van der Waals surface area contributed by atoms with E-state index in [2.05, 4.69) is 264 Å². The van der Waals surface area contributed by atoms with Crippen molar-refractivity contribution in [2.24, 2.45) is 0 Å². The molecule has 11 aromatic carbocycles. The Bertz CT molecular complexity index is 3900. The normalized spacial score (nSPS) is 11.6. The first-order valence-corrected chi connectivity index (χ1v) is 22.9. The van der Waals surface area contributed by atoms with E-state index in [0.29, 0.717) is 0 Å². The van der Waals surface area contributed by atoms with Crippen molar-refractivity contribution >= 4 is 71.6 Å². The van der Waals surface area contributed by atoms with E-state index in [9.17, 15) is 0 Å². The summed E-state index contributed by atoms with van der Waals surface area (Å²) in [6.07, 6.45) is 0. The van der Waals surface area contributed by atoms with E-state index in [1.54, 1.807) is 0 Å². The van der Waals surface area contributed by atoms with Gasteiger partial charge in [-0.3, -0.25) is 0 Å². The summed E-state index contributed by atoms with van der Waals surface area (Å²) < 4.78 is 8.98. The fraction of sp³-hybridized carbons (Fsp3) is 0. The molecule has 0 saturated carbocycles. The fourth-order valence-electron chi connectivity index (χ4n) is 10.1. The maximum Gasteiger partial charge on any atom is 0.143 e. The number of aromatic nitrogens is 1. The summed E-state index contributed by atoms with van der Waals surface area (Å²) in [5, 5.41) is 7.10. The summed E-state index contributed by atoms with van der Waals surface area (Å²) in [5.41, 5.74) is 17.8. The molecule has 0 aliphatic rings. The van der Waals surface area contributed by atoms with Crippen LogP contribution in [-0.4, -0.2) is 4.57 Å². The highest BCUT2D eigenvalue weighted by atomic mass is 16.3. The van der Waals surface area contributed by atoms with Gasteiger partial charge in [-0.2, -0.15) is 0 Å². The second-order valence-corrected chi connectivity index (χ2v) is 17.3. The minimum atomic E-state index is 0.890. The summed E-state index contributed by atoms with van der Waals surface area (Å²) in [7, 11) is 0. The van der Waals surface area contributed by atoms with Crippen LogP contribution in [0.25, 0.3) is 105 Å². The van der Waals surface area contributed by atoms with E-state index in [-0.39, 0.29) is 0 Å². The molecule has 0 fully saturated rings. The van der Waals surface area contributed by atoms with Gasteiger partial charge >= 0.3 is 0 Å². The highest BCUT2D eigenvalue weighted by Gasteiger charge is 2.20. The second kappa shape index (κ2) is 16.0. The third kappa shape index (κ3) is 6.67. The first-order valence-electron chi connectivity index (χ1n) is 22.9. The number of furan rings is 1. The molecule has 0 radical (unpaired) electrons. The topological polar surface area (TPSA) is 21.3 Å². The van der Waals surface area contributed by atoms with E-state index >= 15 is 0 Å². The van der Waals surface area contributed by atoms with Crippen LogP contribution in [0.5, 0.6) is 0 Å². The van der Waals surface area contributed by atoms with Gasteiger partial charge in [0.15, 0.2) is 0 Å². The lowest BCUT2D eigenvalue weighted by Gasteiger charge is -2.29. The molecule has 3 nitrogen and oxygen atoms in total. The molecule has 0 amide bonds. The number of fused-ring (bicyclic) bond motifs is 8. The zero-order valence-electron chi connectivity index (χ0n) is 36.6. The third-order valence-electron chi connectivity index (χ3n) is 13.4. The smallest absolute Gasteiger partial charge is 0.143 e. The summed E-state index contributed by atoms with van der Waals surface area (Å²) in [4.78, 5) is 2.40. The van der Waals surface area contributed by atoms with Crippen molar-refractivity contribution in [3.05, 3.63) is 255 Å². The van der Waals surface area contributed by atoms with Crippen LogP contribution in [0.4, 0.5) is 17.1 Å². The van der Waals surface area contributed by atoms with Crippen molar-refractivity contribution in [2.75, 3.05) is 4.90 Å². The molecule has 0 bridgehead atoms. The number of anilines is 3. The van der Waals surface area contributed by atoms with Crippen LogP contribution in [-0.2, 0) is 0 Å². The number of nitrogens with zero attached hydrogens (tertiary/aromatic N) is 2. The molecule has 0 saturated heterocycles. The molecule has 0 unspecified atom stereocenters. The van der Waals surface area contributed by atoms with Crippen LogP contribution in [0.1, 0.15) is 0 Å². The molecule has 67 heavy (non-hydrogen) atoms. The molecule has 2 aromatic heterocycles. The van der Waals surface area contributed by atoms with Crippen LogP contribution >= 0.6 is 0 Å². The lowest BCUT2D eigenvalue weighted by Crippen LogP contribution is -2.11. The number of hydrogen-bond donors (Lipinski definition) is 0. The average molecular weight is 855 g/mol. The molecule has 314 valence electrons. The van der Waals surface area contributed by atoms with Gasteiger partial charge in [-0.05, 0) is 123 Å². The van der Waals surface area contributed by atoms with Gasteiger partial charge in [0.1, 0.15) is 11.2 Å². The fourth-order valence-corrected chi connectivity index (χ4v) is 10.1.